The molecule has 2 aromatic heterocycles. The summed E-state index contributed by atoms with van der Waals surface area (Å²) in [6.07, 6.45) is 1.45. The van der Waals surface area contributed by atoms with Gasteiger partial charge in [0.25, 0.3) is 11.8 Å². The number of nitrogens with one attached hydrogen (secondary N) is 1. The molecule has 2 aromatic carbocycles. The van der Waals surface area contributed by atoms with Crippen LogP contribution in [0.15, 0.2) is 75.9 Å². The maximum atomic E-state index is 12.1. The van der Waals surface area contributed by atoms with Gasteiger partial charge in [0, 0.05) is 16.8 Å². The van der Waals surface area contributed by atoms with E-state index in [-0.39, 0.29) is 11.7 Å². The van der Waals surface area contributed by atoms with E-state index >= 15 is 0 Å². The quantitative estimate of drug-likeness (QED) is 0.586. The van der Waals surface area contributed by atoms with Crippen LogP contribution < -0.4 is 5.32 Å². The summed E-state index contributed by atoms with van der Waals surface area (Å²) < 4.78 is 10.5. The molecule has 0 atom stereocenters. The zero-order valence-electron chi connectivity index (χ0n) is 14.0. The number of amides is 1. The Morgan fingerprint density at radius 2 is 1.85 bits per heavy atom. The highest BCUT2D eigenvalue weighted by Gasteiger charge is 2.13. The second kappa shape index (κ2) is 6.68. The van der Waals surface area contributed by atoms with Crippen LogP contribution in [0.4, 0.5) is 5.69 Å². The molecule has 0 aliphatic heterocycles. The molecule has 1 amide bonds. The number of carbonyl (C=O) groups excluding carboxylic acids is 1. The van der Waals surface area contributed by atoms with Crippen molar-refractivity contribution in [3.8, 4) is 22.8 Å². The average Bonchev–Trinajstić information content (AvgIpc) is 3.35. The van der Waals surface area contributed by atoms with Crippen molar-refractivity contribution in [2.75, 3.05) is 5.32 Å². The molecular weight excluding hydrogens is 330 g/mol. The number of rotatable bonds is 4. The maximum absolute atomic E-state index is 12.1. The van der Waals surface area contributed by atoms with Crippen molar-refractivity contribution in [1.29, 1.82) is 0 Å². The van der Waals surface area contributed by atoms with Crippen LogP contribution in [0.25, 0.3) is 22.8 Å². The monoisotopic (exact) mass is 345 g/mol. The van der Waals surface area contributed by atoms with Crippen LogP contribution in [-0.4, -0.2) is 16.0 Å². The first-order valence-electron chi connectivity index (χ1n) is 8.05. The summed E-state index contributed by atoms with van der Waals surface area (Å²) in [4.78, 5) is 16.5. The normalized spacial score (nSPS) is 10.7. The van der Waals surface area contributed by atoms with Gasteiger partial charge in [-0.3, -0.25) is 4.79 Å². The Hall–Kier alpha value is -3.67. The lowest BCUT2D eigenvalue weighted by Crippen LogP contribution is -2.10. The Kier molecular flexibility index (Phi) is 4.07. The number of hydrogen-bond donors (Lipinski definition) is 1. The highest BCUT2D eigenvalue weighted by Crippen LogP contribution is 2.24. The second-order valence-electron chi connectivity index (χ2n) is 5.80. The zero-order chi connectivity index (χ0) is 17.9. The molecular formula is C20H15N3O3. The third-order valence-electron chi connectivity index (χ3n) is 3.85. The van der Waals surface area contributed by atoms with E-state index in [4.69, 9.17) is 8.94 Å². The van der Waals surface area contributed by atoms with Gasteiger partial charge in [0.2, 0.25) is 5.82 Å². The van der Waals surface area contributed by atoms with Crippen molar-refractivity contribution in [3.63, 3.8) is 0 Å². The Labute approximate surface area is 149 Å². The summed E-state index contributed by atoms with van der Waals surface area (Å²) in [5.74, 6) is 0.826. The number of nitrogens with zero attached hydrogens (tertiary/aromatic N) is 2. The lowest BCUT2D eigenvalue weighted by molar-refractivity contribution is 0.0996. The molecule has 0 radical (unpaired) electrons. The first-order valence-corrected chi connectivity index (χ1v) is 8.05. The summed E-state index contributed by atoms with van der Waals surface area (Å²) in [6.45, 7) is 2.02. The van der Waals surface area contributed by atoms with Gasteiger partial charge in [-0.1, -0.05) is 41.1 Å². The van der Waals surface area contributed by atoms with Crippen LogP contribution in [0, 0.1) is 6.92 Å². The Balaban J connectivity index is 1.57. The predicted molar refractivity (Wildman–Crippen MR) is 96.6 cm³/mol. The number of hydrogen-bond acceptors (Lipinski definition) is 5. The van der Waals surface area contributed by atoms with E-state index in [1.165, 1.54) is 6.26 Å². The van der Waals surface area contributed by atoms with Crippen LogP contribution in [0.2, 0.25) is 0 Å². The van der Waals surface area contributed by atoms with Crippen LogP contribution >= 0.6 is 0 Å². The van der Waals surface area contributed by atoms with Gasteiger partial charge >= 0.3 is 0 Å². The predicted octanol–water partition coefficient (Wildman–Crippen LogP) is 4.56. The number of aromatic nitrogens is 2. The van der Waals surface area contributed by atoms with Crippen molar-refractivity contribution in [1.82, 2.24) is 10.1 Å². The van der Waals surface area contributed by atoms with Crippen molar-refractivity contribution in [2.45, 2.75) is 6.92 Å². The molecule has 0 unspecified atom stereocenters. The number of furan rings is 1. The summed E-state index contributed by atoms with van der Waals surface area (Å²) in [6, 6.07) is 18.4. The van der Waals surface area contributed by atoms with Gasteiger partial charge in [-0.15, -0.1) is 0 Å². The van der Waals surface area contributed by atoms with Gasteiger partial charge in [0.15, 0.2) is 5.76 Å². The van der Waals surface area contributed by atoms with Crippen LogP contribution in [-0.2, 0) is 0 Å². The highest BCUT2D eigenvalue weighted by atomic mass is 16.5. The minimum atomic E-state index is -0.321. The van der Waals surface area contributed by atoms with Gasteiger partial charge in [-0.05, 0) is 37.3 Å². The molecule has 4 aromatic rings. The molecule has 0 saturated carbocycles. The summed E-state index contributed by atoms with van der Waals surface area (Å²) in [5.41, 5.74) is 3.37. The summed E-state index contributed by atoms with van der Waals surface area (Å²) in [5, 5.41) is 6.81. The van der Waals surface area contributed by atoms with Crippen LogP contribution in [0.1, 0.15) is 16.1 Å². The van der Waals surface area contributed by atoms with Crippen LogP contribution in [0.5, 0.6) is 0 Å². The molecule has 0 saturated heterocycles. The van der Waals surface area contributed by atoms with Crippen molar-refractivity contribution < 1.29 is 13.7 Å². The molecule has 128 valence electrons. The van der Waals surface area contributed by atoms with E-state index in [0.29, 0.717) is 23.0 Å². The van der Waals surface area contributed by atoms with Gasteiger partial charge in [-0.2, -0.15) is 4.98 Å². The number of anilines is 1. The molecule has 0 fully saturated rings. The van der Waals surface area contributed by atoms with E-state index in [9.17, 15) is 4.79 Å². The van der Waals surface area contributed by atoms with E-state index in [2.05, 4.69) is 15.5 Å². The molecule has 1 N–H and O–H groups in total. The number of carbonyl (C=O) groups is 1. The standard InChI is InChI=1S/C20H15N3O3/c1-13-7-9-14(10-8-13)18-22-20(26-23-18)15-4-2-5-16(12-15)21-19(24)17-6-3-11-25-17/h2-12H,1H3,(H,21,24). The third kappa shape index (κ3) is 3.25. The maximum Gasteiger partial charge on any atom is 0.291 e. The van der Waals surface area contributed by atoms with E-state index < -0.39 is 0 Å². The summed E-state index contributed by atoms with van der Waals surface area (Å²) in [7, 11) is 0. The largest absolute Gasteiger partial charge is 0.459 e. The minimum Gasteiger partial charge on any atom is -0.459 e. The topological polar surface area (TPSA) is 81.2 Å². The van der Waals surface area contributed by atoms with Gasteiger partial charge in [0.05, 0.1) is 6.26 Å². The van der Waals surface area contributed by atoms with E-state index in [1.54, 1.807) is 24.3 Å². The second-order valence-corrected chi connectivity index (χ2v) is 5.80. The molecule has 0 aliphatic carbocycles. The van der Waals surface area contributed by atoms with Gasteiger partial charge in [-0.25, -0.2) is 0 Å². The van der Waals surface area contributed by atoms with Crippen molar-refractivity contribution >= 4 is 11.6 Å². The Bertz CT molecular complexity index is 1030. The smallest absolute Gasteiger partial charge is 0.291 e. The molecule has 4 rings (SSSR count). The minimum absolute atomic E-state index is 0.245. The number of benzene rings is 2. The SMILES string of the molecule is Cc1ccc(-c2noc(-c3cccc(NC(=O)c4ccco4)c3)n2)cc1. The van der Waals surface area contributed by atoms with Crippen molar-refractivity contribution in [3.05, 3.63) is 78.3 Å². The van der Waals surface area contributed by atoms with E-state index in [1.807, 2.05) is 43.3 Å². The highest BCUT2D eigenvalue weighted by molar-refractivity contribution is 6.02. The van der Waals surface area contributed by atoms with Crippen molar-refractivity contribution in [2.24, 2.45) is 0 Å². The lowest BCUT2D eigenvalue weighted by atomic mass is 10.1. The van der Waals surface area contributed by atoms with Crippen LogP contribution in [0.3, 0.4) is 0 Å². The first-order chi connectivity index (χ1) is 12.7. The molecule has 6 heteroatoms. The fourth-order valence-electron chi connectivity index (χ4n) is 2.49. The third-order valence-corrected chi connectivity index (χ3v) is 3.85. The molecule has 26 heavy (non-hydrogen) atoms. The fourth-order valence-corrected chi connectivity index (χ4v) is 2.49. The van der Waals surface area contributed by atoms with Gasteiger partial charge in [0.1, 0.15) is 0 Å². The molecule has 2 heterocycles. The average molecular weight is 345 g/mol. The number of aryl methyl sites for hydroxylation is 1. The molecule has 6 nitrogen and oxygen atoms in total. The summed E-state index contributed by atoms with van der Waals surface area (Å²) >= 11 is 0. The Morgan fingerprint density at radius 1 is 1.00 bits per heavy atom. The lowest BCUT2D eigenvalue weighted by Gasteiger charge is -2.04. The van der Waals surface area contributed by atoms with E-state index in [0.717, 1.165) is 11.1 Å². The van der Waals surface area contributed by atoms with Gasteiger partial charge < -0.3 is 14.3 Å². The zero-order valence-corrected chi connectivity index (χ0v) is 14.0. The molecule has 0 spiro atoms. The fraction of sp³-hybridized carbons (Fsp3) is 0.0500. The molecule has 0 bridgehead atoms. The first kappa shape index (κ1) is 15.8. The Morgan fingerprint density at radius 3 is 2.62 bits per heavy atom. The molecule has 0 aliphatic rings.